The van der Waals surface area contributed by atoms with Crippen LogP contribution in [0.15, 0.2) is 48.5 Å². The highest BCUT2D eigenvalue weighted by Crippen LogP contribution is 2.40. The molecule has 2 rings (SSSR count). The number of benzene rings is 2. The maximum atomic E-state index is 9.73. The Kier molecular flexibility index (Phi) is 3.99. The lowest BCUT2D eigenvalue weighted by molar-refractivity contribution is 0.345. The highest BCUT2D eigenvalue weighted by atomic mass is 16.3. The molecule has 2 heteroatoms. The van der Waals surface area contributed by atoms with Gasteiger partial charge in [-0.3, -0.25) is 0 Å². The van der Waals surface area contributed by atoms with Gasteiger partial charge in [-0.25, -0.2) is 0 Å². The van der Waals surface area contributed by atoms with Crippen LogP contribution in [0.5, 0.6) is 11.5 Å². The van der Waals surface area contributed by atoms with Crippen LogP contribution in [0.25, 0.3) is 0 Å². The SMILES string of the molecule is CC(C)(CC(C)(C)c1ccc(O)c(O)c1)c1ccccc1. The van der Waals surface area contributed by atoms with E-state index in [4.69, 9.17) is 0 Å². The van der Waals surface area contributed by atoms with Crippen molar-refractivity contribution in [1.29, 1.82) is 0 Å². The lowest BCUT2D eigenvalue weighted by Crippen LogP contribution is -2.29. The number of hydrogen-bond donors (Lipinski definition) is 2. The molecule has 2 aromatic carbocycles. The van der Waals surface area contributed by atoms with Gasteiger partial charge in [0.2, 0.25) is 0 Å². The molecule has 0 aliphatic rings. The first-order valence-electron chi connectivity index (χ1n) is 7.30. The third kappa shape index (κ3) is 3.38. The zero-order chi connectivity index (χ0) is 15.7. The molecule has 0 unspecified atom stereocenters. The van der Waals surface area contributed by atoms with Crippen LogP contribution in [0.2, 0.25) is 0 Å². The van der Waals surface area contributed by atoms with Gasteiger partial charge in [-0.05, 0) is 40.5 Å². The van der Waals surface area contributed by atoms with E-state index in [1.807, 2.05) is 12.1 Å². The largest absolute Gasteiger partial charge is 0.504 e. The van der Waals surface area contributed by atoms with Crippen molar-refractivity contribution in [3.8, 4) is 11.5 Å². The number of rotatable bonds is 4. The number of phenolic OH excluding ortho intramolecular Hbond substituents is 2. The van der Waals surface area contributed by atoms with Crippen molar-refractivity contribution in [2.24, 2.45) is 0 Å². The summed E-state index contributed by atoms with van der Waals surface area (Å²) in [4.78, 5) is 0. The van der Waals surface area contributed by atoms with Crippen LogP contribution in [0.4, 0.5) is 0 Å². The quantitative estimate of drug-likeness (QED) is 0.796. The predicted octanol–water partition coefficient (Wildman–Crippen LogP) is 4.74. The zero-order valence-electron chi connectivity index (χ0n) is 13.2. The van der Waals surface area contributed by atoms with Gasteiger partial charge in [-0.15, -0.1) is 0 Å². The average Bonchev–Trinajstić information content (AvgIpc) is 2.41. The van der Waals surface area contributed by atoms with Crippen LogP contribution in [0, 0.1) is 0 Å². The molecule has 0 aliphatic heterocycles. The summed E-state index contributed by atoms with van der Waals surface area (Å²) in [5.74, 6) is -0.130. The maximum absolute atomic E-state index is 9.73. The lowest BCUT2D eigenvalue weighted by atomic mass is 9.68. The minimum atomic E-state index is -0.107. The third-order valence-corrected chi connectivity index (χ3v) is 4.20. The molecule has 21 heavy (non-hydrogen) atoms. The molecule has 0 bridgehead atoms. The van der Waals surface area contributed by atoms with E-state index in [1.165, 1.54) is 5.56 Å². The lowest BCUT2D eigenvalue weighted by Gasteiger charge is -2.36. The fourth-order valence-electron chi connectivity index (χ4n) is 3.14. The topological polar surface area (TPSA) is 40.5 Å². The van der Waals surface area contributed by atoms with Gasteiger partial charge in [-0.1, -0.05) is 64.1 Å². The van der Waals surface area contributed by atoms with E-state index in [-0.39, 0.29) is 22.3 Å². The summed E-state index contributed by atoms with van der Waals surface area (Å²) in [6.07, 6.45) is 0.939. The Morgan fingerprint density at radius 2 is 1.29 bits per heavy atom. The summed E-state index contributed by atoms with van der Waals surface area (Å²) in [5, 5.41) is 19.2. The Balaban J connectivity index is 2.29. The highest BCUT2D eigenvalue weighted by molar-refractivity contribution is 5.43. The van der Waals surface area contributed by atoms with Gasteiger partial charge in [0.25, 0.3) is 0 Å². The van der Waals surface area contributed by atoms with Gasteiger partial charge in [0.15, 0.2) is 11.5 Å². The van der Waals surface area contributed by atoms with Crippen LogP contribution >= 0.6 is 0 Å². The number of hydrogen-bond acceptors (Lipinski definition) is 2. The molecule has 0 fully saturated rings. The summed E-state index contributed by atoms with van der Waals surface area (Å²) in [7, 11) is 0. The van der Waals surface area contributed by atoms with Gasteiger partial charge >= 0.3 is 0 Å². The molecule has 2 nitrogen and oxygen atoms in total. The van der Waals surface area contributed by atoms with Crippen molar-refractivity contribution < 1.29 is 10.2 Å². The molecule has 0 aliphatic carbocycles. The minimum absolute atomic E-state index is 0.0261. The second-order valence-corrected chi connectivity index (χ2v) is 7.01. The maximum Gasteiger partial charge on any atom is 0.157 e. The first-order chi connectivity index (χ1) is 9.72. The molecule has 0 saturated heterocycles. The molecular formula is C19H24O2. The Morgan fingerprint density at radius 1 is 0.714 bits per heavy atom. The standard InChI is InChI=1S/C19H24O2/c1-18(2,14-8-6-5-7-9-14)13-19(3,4)15-10-11-16(20)17(21)12-15/h5-12,20-21H,13H2,1-4H3. The van der Waals surface area contributed by atoms with Crippen LogP contribution in [-0.4, -0.2) is 10.2 Å². The fourth-order valence-corrected chi connectivity index (χ4v) is 3.14. The second-order valence-electron chi connectivity index (χ2n) is 7.01. The van der Waals surface area contributed by atoms with E-state index >= 15 is 0 Å². The summed E-state index contributed by atoms with van der Waals surface area (Å²) in [5.41, 5.74) is 2.26. The third-order valence-electron chi connectivity index (χ3n) is 4.20. The van der Waals surface area contributed by atoms with Gasteiger partial charge < -0.3 is 10.2 Å². The molecule has 0 spiro atoms. The van der Waals surface area contributed by atoms with Gasteiger partial charge in [0.1, 0.15) is 0 Å². The van der Waals surface area contributed by atoms with Crippen LogP contribution < -0.4 is 0 Å². The molecule has 0 radical (unpaired) electrons. The van der Waals surface area contributed by atoms with Crippen molar-refractivity contribution in [2.75, 3.05) is 0 Å². The molecular weight excluding hydrogens is 260 g/mol. The van der Waals surface area contributed by atoms with Gasteiger partial charge in [0.05, 0.1) is 0 Å². The Morgan fingerprint density at radius 3 is 1.86 bits per heavy atom. The summed E-state index contributed by atoms with van der Waals surface area (Å²) >= 11 is 0. The van der Waals surface area contributed by atoms with Crippen molar-refractivity contribution in [3.63, 3.8) is 0 Å². The second kappa shape index (κ2) is 5.44. The molecule has 2 aromatic rings. The molecule has 0 heterocycles. The molecule has 0 aromatic heterocycles. The van der Waals surface area contributed by atoms with E-state index in [0.29, 0.717) is 0 Å². The molecule has 112 valence electrons. The zero-order valence-corrected chi connectivity index (χ0v) is 13.2. The van der Waals surface area contributed by atoms with E-state index in [0.717, 1.165) is 12.0 Å². The van der Waals surface area contributed by atoms with E-state index in [9.17, 15) is 10.2 Å². The van der Waals surface area contributed by atoms with E-state index in [2.05, 4.69) is 52.0 Å². The Labute approximate surface area is 127 Å². The fraction of sp³-hybridized carbons (Fsp3) is 0.368. The highest BCUT2D eigenvalue weighted by Gasteiger charge is 2.31. The van der Waals surface area contributed by atoms with Crippen LogP contribution in [-0.2, 0) is 10.8 Å². The van der Waals surface area contributed by atoms with Crippen LogP contribution in [0.1, 0.15) is 45.2 Å². The van der Waals surface area contributed by atoms with E-state index in [1.54, 1.807) is 12.1 Å². The summed E-state index contributed by atoms with van der Waals surface area (Å²) < 4.78 is 0. The van der Waals surface area contributed by atoms with E-state index < -0.39 is 0 Å². The summed E-state index contributed by atoms with van der Waals surface area (Å²) in [6.45, 7) is 8.82. The summed E-state index contributed by atoms with van der Waals surface area (Å²) in [6, 6.07) is 15.6. The Bertz CT molecular complexity index is 613. The molecule has 0 saturated carbocycles. The van der Waals surface area contributed by atoms with Crippen molar-refractivity contribution >= 4 is 0 Å². The van der Waals surface area contributed by atoms with Gasteiger partial charge in [0, 0.05) is 0 Å². The normalized spacial score (nSPS) is 12.4. The number of phenols is 2. The first-order valence-corrected chi connectivity index (χ1v) is 7.30. The van der Waals surface area contributed by atoms with Crippen molar-refractivity contribution in [2.45, 2.75) is 44.9 Å². The van der Waals surface area contributed by atoms with Crippen molar-refractivity contribution in [3.05, 3.63) is 59.7 Å². The molecule has 2 N–H and O–H groups in total. The van der Waals surface area contributed by atoms with Gasteiger partial charge in [-0.2, -0.15) is 0 Å². The molecule has 0 amide bonds. The van der Waals surface area contributed by atoms with Crippen LogP contribution in [0.3, 0.4) is 0 Å². The van der Waals surface area contributed by atoms with Crippen molar-refractivity contribution in [1.82, 2.24) is 0 Å². The first kappa shape index (κ1) is 15.4. The number of aromatic hydroxyl groups is 2. The minimum Gasteiger partial charge on any atom is -0.504 e. The predicted molar refractivity (Wildman–Crippen MR) is 86.9 cm³/mol. The molecule has 0 atom stereocenters. The average molecular weight is 284 g/mol. The smallest absolute Gasteiger partial charge is 0.157 e. The Hall–Kier alpha value is -1.96. The monoisotopic (exact) mass is 284 g/mol.